The normalized spacial score (nSPS) is 11.0. The Morgan fingerprint density at radius 3 is 1.69 bits per heavy atom. The molecule has 0 aliphatic rings. The van der Waals surface area contributed by atoms with Gasteiger partial charge < -0.3 is 0 Å². The summed E-state index contributed by atoms with van der Waals surface area (Å²) in [6.07, 6.45) is 4.11. The molecule has 0 fully saturated rings. The Labute approximate surface area is 210 Å². The van der Waals surface area contributed by atoms with E-state index in [1.54, 1.807) is 0 Å². The highest BCUT2D eigenvalue weighted by atomic mass is 14.2. The molecule has 0 aliphatic carbocycles. The minimum absolute atomic E-state index is 0.669. The zero-order valence-electron chi connectivity index (χ0n) is 19.6. The van der Waals surface area contributed by atoms with Crippen molar-refractivity contribution < 1.29 is 0 Å². The topological polar surface area (TPSA) is 23.8 Å². The van der Waals surface area contributed by atoms with Gasteiger partial charge in [0, 0.05) is 11.1 Å². The van der Waals surface area contributed by atoms with Crippen molar-refractivity contribution in [1.29, 1.82) is 5.26 Å². The van der Waals surface area contributed by atoms with Crippen molar-refractivity contribution in [1.82, 2.24) is 0 Å². The molecule has 0 unspecified atom stereocenters. The van der Waals surface area contributed by atoms with Crippen molar-refractivity contribution in [3.63, 3.8) is 0 Å². The van der Waals surface area contributed by atoms with Gasteiger partial charge in [-0.3, -0.25) is 0 Å². The lowest BCUT2D eigenvalue weighted by Gasteiger charge is -2.08. The fourth-order valence-electron chi connectivity index (χ4n) is 4.59. The van der Waals surface area contributed by atoms with Gasteiger partial charge in [0.2, 0.25) is 0 Å². The largest absolute Gasteiger partial charge is 0.192 e. The highest BCUT2D eigenvalue weighted by Crippen LogP contribution is 2.32. The quantitative estimate of drug-likeness (QED) is 0.146. The molecule has 1 heteroatoms. The molecule has 6 aromatic rings. The van der Waals surface area contributed by atoms with Crippen molar-refractivity contribution in [2.24, 2.45) is 0 Å². The molecule has 0 atom stereocenters. The van der Waals surface area contributed by atoms with E-state index in [-0.39, 0.29) is 0 Å². The van der Waals surface area contributed by atoms with Crippen molar-refractivity contribution in [2.45, 2.75) is 0 Å². The van der Waals surface area contributed by atoms with Crippen molar-refractivity contribution in [3.05, 3.63) is 143 Å². The molecule has 0 saturated carbocycles. The van der Waals surface area contributed by atoms with E-state index in [4.69, 9.17) is 5.26 Å². The Morgan fingerprint density at radius 1 is 0.472 bits per heavy atom. The van der Waals surface area contributed by atoms with E-state index in [2.05, 4.69) is 115 Å². The van der Waals surface area contributed by atoms with Gasteiger partial charge in [0.25, 0.3) is 0 Å². The molecule has 0 amide bonds. The third-order valence-electron chi connectivity index (χ3n) is 6.50. The highest BCUT2D eigenvalue weighted by molar-refractivity contribution is 6.20. The van der Waals surface area contributed by atoms with Gasteiger partial charge in [-0.15, -0.1) is 0 Å². The lowest BCUT2D eigenvalue weighted by molar-refractivity contribution is 1.48. The second kappa shape index (κ2) is 9.27. The maximum atomic E-state index is 8.93. The van der Waals surface area contributed by atoms with E-state index < -0.39 is 0 Å². The minimum Gasteiger partial charge on any atom is -0.192 e. The van der Waals surface area contributed by atoms with Gasteiger partial charge in [-0.2, -0.15) is 5.26 Å². The number of hydrogen-bond donors (Lipinski definition) is 0. The molecule has 0 N–H and O–H groups in total. The van der Waals surface area contributed by atoms with Gasteiger partial charge in [0.05, 0.1) is 11.6 Å². The zero-order valence-corrected chi connectivity index (χ0v) is 19.6. The number of benzene rings is 6. The first-order valence-electron chi connectivity index (χ1n) is 11.9. The van der Waals surface area contributed by atoms with Crippen LogP contribution in [-0.4, -0.2) is 0 Å². The molecule has 0 aromatic heterocycles. The Kier molecular flexibility index (Phi) is 5.51. The van der Waals surface area contributed by atoms with Crippen molar-refractivity contribution in [2.75, 3.05) is 0 Å². The van der Waals surface area contributed by atoms with Crippen molar-refractivity contribution >= 4 is 44.5 Å². The summed E-state index contributed by atoms with van der Waals surface area (Å²) < 4.78 is 0. The maximum absolute atomic E-state index is 8.93. The third kappa shape index (κ3) is 4.23. The second-order valence-corrected chi connectivity index (χ2v) is 8.83. The molecule has 0 spiro atoms. The molecular formula is C35H21N. The smallest absolute Gasteiger partial charge is 0.0991 e. The summed E-state index contributed by atoms with van der Waals surface area (Å²) in [6.45, 7) is 0. The molecule has 1 nitrogen and oxygen atoms in total. The Hall–Kier alpha value is -5.11. The fraction of sp³-hybridized carbons (Fsp3) is 0. The molecule has 6 aromatic carbocycles. The minimum atomic E-state index is 0.669. The number of nitrogens with zero attached hydrogens (tertiary/aromatic N) is 1. The first-order valence-corrected chi connectivity index (χ1v) is 11.9. The summed E-state index contributed by atoms with van der Waals surface area (Å²) in [4.78, 5) is 0. The molecule has 0 bridgehead atoms. The summed E-state index contributed by atoms with van der Waals surface area (Å²) in [5.41, 5.74) is 4.83. The van der Waals surface area contributed by atoms with Gasteiger partial charge in [0.15, 0.2) is 0 Å². The van der Waals surface area contributed by atoms with Crippen LogP contribution in [0.1, 0.15) is 27.8 Å². The maximum Gasteiger partial charge on any atom is 0.0991 e. The summed E-state index contributed by atoms with van der Waals surface area (Å²) in [6, 6.07) is 41.8. The lowest BCUT2D eigenvalue weighted by atomic mass is 9.95. The summed E-state index contributed by atoms with van der Waals surface area (Å²) in [5.74, 6) is 6.68. The van der Waals surface area contributed by atoms with Crippen LogP contribution in [0.15, 0.2) is 115 Å². The predicted molar refractivity (Wildman–Crippen MR) is 151 cm³/mol. The van der Waals surface area contributed by atoms with E-state index in [1.165, 1.54) is 32.3 Å². The van der Waals surface area contributed by atoms with Crippen LogP contribution < -0.4 is 0 Å². The first kappa shape index (κ1) is 21.4. The van der Waals surface area contributed by atoms with E-state index in [0.717, 1.165) is 22.3 Å². The van der Waals surface area contributed by atoms with Gasteiger partial charge in [-0.25, -0.2) is 0 Å². The van der Waals surface area contributed by atoms with Gasteiger partial charge in [-0.05, 0) is 79.8 Å². The van der Waals surface area contributed by atoms with E-state index in [0.29, 0.717) is 5.56 Å². The van der Waals surface area contributed by atoms with Crippen LogP contribution in [0.4, 0.5) is 0 Å². The summed E-state index contributed by atoms with van der Waals surface area (Å²) >= 11 is 0. The van der Waals surface area contributed by atoms with Crippen LogP contribution >= 0.6 is 0 Å². The van der Waals surface area contributed by atoms with Gasteiger partial charge in [0.1, 0.15) is 0 Å². The van der Waals surface area contributed by atoms with Crippen molar-refractivity contribution in [3.8, 4) is 17.9 Å². The average molecular weight is 456 g/mol. The summed E-state index contributed by atoms with van der Waals surface area (Å²) in [5, 5.41) is 16.4. The lowest BCUT2D eigenvalue weighted by Crippen LogP contribution is -1.83. The highest BCUT2D eigenvalue weighted by Gasteiger charge is 2.05. The number of fused-ring (bicyclic) bond motifs is 5. The average Bonchev–Trinajstić information content (AvgIpc) is 2.95. The van der Waals surface area contributed by atoms with Crippen LogP contribution in [0.5, 0.6) is 0 Å². The van der Waals surface area contributed by atoms with Crippen LogP contribution in [-0.2, 0) is 0 Å². The summed E-state index contributed by atoms with van der Waals surface area (Å²) in [7, 11) is 0. The zero-order chi connectivity index (χ0) is 24.3. The Morgan fingerprint density at radius 2 is 1.00 bits per heavy atom. The van der Waals surface area contributed by atoms with Gasteiger partial charge in [-0.1, -0.05) is 103 Å². The molecule has 6 rings (SSSR count). The fourth-order valence-corrected chi connectivity index (χ4v) is 4.59. The number of nitriles is 1. The molecule has 0 heterocycles. The van der Waals surface area contributed by atoms with Crippen LogP contribution in [0.3, 0.4) is 0 Å². The second-order valence-electron chi connectivity index (χ2n) is 8.83. The van der Waals surface area contributed by atoms with Crippen LogP contribution in [0, 0.1) is 23.2 Å². The molecule has 0 saturated heterocycles. The van der Waals surface area contributed by atoms with E-state index in [1.807, 2.05) is 30.3 Å². The van der Waals surface area contributed by atoms with Crippen LogP contribution in [0.2, 0.25) is 0 Å². The molecule has 166 valence electrons. The monoisotopic (exact) mass is 455 g/mol. The first-order chi connectivity index (χ1) is 17.8. The van der Waals surface area contributed by atoms with Crippen LogP contribution in [0.25, 0.3) is 44.5 Å². The number of rotatable bonds is 2. The van der Waals surface area contributed by atoms with E-state index >= 15 is 0 Å². The molecular weight excluding hydrogens is 434 g/mol. The number of hydrogen-bond acceptors (Lipinski definition) is 1. The molecule has 0 aliphatic heterocycles. The standard InChI is InChI=1S/C35H21N/c36-24-29-15-12-27(13-16-29)10-7-25-5-8-26(9-6-25)11-14-28-17-18-31-20-22-32-21-19-30-3-1-2-4-33(30)35(32)34(31)23-28/h1-10,12-13,15-23H/b10-7+. The van der Waals surface area contributed by atoms with E-state index in [9.17, 15) is 0 Å². The molecule has 0 radical (unpaired) electrons. The Balaban J connectivity index is 1.29. The molecule has 36 heavy (non-hydrogen) atoms. The van der Waals surface area contributed by atoms with Gasteiger partial charge >= 0.3 is 0 Å². The predicted octanol–water partition coefficient (Wildman–Crippen LogP) is 8.59. The Bertz CT molecular complexity index is 1870. The SMILES string of the molecule is N#Cc1ccc(/C=C/c2ccc(C#Cc3ccc4ccc5ccc6ccccc6c5c4c3)cc2)cc1. The third-order valence-corrected chi connectivity index (χ3v) is 6.50.